The van der Waals surface area contributed by atoms with Gasteiger partial charge in [-0.05, 0) is 58.1 Å². The van der Waals surface area contributed by atoms with Gasteiger partial charge in [0.05, 0.1) is 11.6 Å². The molecule has 1 fully saturated rings. The zero-order valence-electron chi connectivity index (χ0n) is 24.4. The van der Waals surface area contributed by atoms with Crippen molar-refractivity contribution in [2.24, 2.45) is 0 Å². The molecule has 1 heterocycles. The predicted molar refractivity (Wildman–Crippen MR) is 166 cm³/mol. The van der Waals surface area contributed by atoms with Gasteiger partial charge in [-0.15, -0.1) is 11.3 Å². The van der Waals surface area contributed by atoms with E-state index in [2.05, 4.69) is 5.32 Å². The molecule has 11 heteroatoms. The lowest BCUT2D eigenvalue weighted by molar-refractivity contribution is 0.0540. The fourth-order valence-electron chi connectivity index (χ4n) is 4.73. The van der Waals surface area contributed by atoms with Gasteiger partial charge in [-0.25, -0.2) is 4.79 Å². The predicted octanol–water partition coefficient (Wildman–Crippen LogP) is 5.75. The molecule has 4 rings (SSSR count). The molecular weight excluding hydrogens is 563 g/mol. The summed E-state index contributed by atoms with van der Waals surface area (Å²) >= 11 is 8.08. The number of hydrogen-bond donors (Lipinski definition) is 3. The van der Waals surface area contributed by atoms with Crippen molar-refractivity contribution < 1.29 is 29.1 Å². The highest BCUT2D eigenvalue weighted by Crippen LogP contribution is 2.37. The fourth-order valence-corrected chi connectivity index (χ4v) is 6.20. The lowest BCUT2D eigenvalue weighted by Gasteiger charge is -2.35. The quantitative estimate of drug-likeness (QED) is 0.297. The molecule has 2 aromatic carbocycles. The van der Waals surface area contributed by atoms with Gasteiger partial charge in [0.1, 0.15) is 16.2 Å². The van der Waals surface area contributed by atoms with Crippen LogP contribution in [0.5, 0.6) is 5.75 Å². The van der Waals surface area contributed by atoms with Crippen LogP contribution in [-0.2, 0) is 11.3 Å². The van der Waals surface area contributed by atoms with Crippen LogP contribution in [0, 0.1) is 0 Å². The molecule has 1 aromatic heterocycles. The number of ether oxygens (including phenoxy) is 2. The van der Waals surface area contributed by atoms with Gasteiger partial charge in [-0.3, -0.25) is 4.79 Å². The molecule has 0 radical (unpaired) electrons. The molecule has 3 aromatic rings. The van der Waals surface area contributed by atoms with Crippen molar-refractivity contribution in [1.29, 1.82) is 0 Å². The van der Waals surface area contributed by atoms with Crippen molar-refractivity contribution in [3.63, 3.8) is 0 Å². The molecule has 0 saturated heterocycles. The average Bonchev–Trinajstić information content (AvgIpc) is 3.28. The first-order valence-electron chi connectivity index (χ1n) is 14.0. The minimum atomic E-state index is -1.58. The van der Waals surface area contributed by atoms with Crippen LogP contribution in [0.1, 0.15) is 75.0 Å². The number of benzene rings is 2. The standard InChI is InChI=1S/C24H27BClNO4S.C6H13NO2/c1-2-31-20-13-12-17(25(29)30)14-16(20)15-27(18-8-4-3-5-9-18)24(28)23-22(26)19-10-6-7-11-21(19)32-23;1-6(2,3)9-5(8)7-4/h6-7,10-14,18,29-30H,2-5,8-9,15H2,1H3;1-4H3,(H,7,8). The first-order valence-corrected chi connectivity index (χ1v) is 15.1. The van der Waals surface area contributed by atoms with Gasteiger partial charge in [-0.1, -0.05) is 61.2 Å². The molecule has 3 N–H and O–H groups in total. The summed E-state index contributed by atoms with van der Waals surface area (Å²) in [5, 5.41) is 23.1. The maximum absolute atomic E-state index is 13.8. The maximum Gasteiger partial charge on any atom is 0.488 e. The molecule has 8 nitrogen and oxygen atoms in total. The number of halogens is 1. The summed E-state index contributed by atoms with van der Waals surface area (Å²) in [7, 11) is -0.0473. The summed E-state index contributed by atoms with van der Waals surface area (Å²) < 4.78 is 11.6. The average molecular weight is 603 g/mol. The van der Waals surface area contributed by atoms with Crippen molar-refractivity contribution in [3.8, 4) is 5.75 Å². The molecular formula is C30H40BClN2O6S. The lowest BCUT2D eigenvalue weighted by atomic mass is 9.79. The second-order valence-electron chi connectivity index (χ2n) is 10.9. The molecule has 1 aliphatic rings. The number of carbonyl (C=O) groups excluding carboxylic acids is 2. The molecule has 0 bridgehead atoms. The van der Waals surface area contributed by atoms with Gasteiger partial charge in [-0.2, -0.15) is 0 Å². The van der Waals surface area contributed by atoms with Crippen LogP contribution in [0.15, 0.2) is 42.5 Å². The number of thiophene rings is 1. The zero-order valence-corrected chi connectivity index (χ0v) is 26.0. The topological polar surface area (TPSA) is 108 Å². The summed E-state index contributed by atoms with van der Waals surface area (Å²) in [6, 6.07) is 13.0. The molecule has 0 aliphatic heterocycles. The van der Waals surface area contributed by atoms with Crippen LogP contribution in [0.4, 0.5) is 4.79 Å². The van der Waals surface area contributed by atoms with E-state index in [1.807, 2.05) is 56.9 Å². The molecule has 1 saturated carbocycles. The van der Waals surface area contributed by atoms with Crippen molar-refractivity contribution >= 4 is 57.6 Å². The highest BCUT2D eigenvalue weighted by Gasteiger charge is 2.30. The van der Waals surface area contributed by atoms with E-state index in [0.717, 1.165) is 41.3 Å². The second-order valence-corrected chi connectivity index (χ2v) is 12.3. The van der Waals surface area contributed by atoms with E-state index < -0.39 is 7.12 Å². The van der Waals surface area contributed by atoms with Gasteiger partial charge >= 0.3 is 13.2 Å². The SMILES string of the molecule is CCOc1ccc(B(O)O)cc1CN(C(=O)c1sc2ccccc2c1Cl)C1CCCCC1.CNC(=O)OC(C)(C)C. The first kappa shape index (κ1) is 32.7. The Bertz CT molecular complexity index is 1320. The van der Waals surface area contributed by atoms with E-state index in [1.54, 1.807) is 18.2 Å². The molecule has 0 atom stereocenters. The number of rotatable bonds is 7. The van der Waals surface area contributed by atoms with E-state index in [1.165, 1.54) is 24.8 Å². The fraction of sp³-hybridized carbons (Fsp3) is 0.467. The molecule has 0 unspecified atom stereocenters. The molecule has 41 heavy (non-hydrogen) atoms. The van der Waals surface area contributed by atoms with Crippen LogP contribution in [0.25, 0.3) is 10.1 Å². The second kappa shape index (κ2) is 14.9. The number of hydrogen-bond acceptors (Lipinski definition) is 7. The number of alkyl carbamates (subject to hydrolysis) is 1. The van der Waals surface area contributed by atoms with E-state index in [-0.39, 0.29) is 23.6 Å². The molecule has 222 valence electrons. The number of nitrogens with one attached hydrogen (secondary N) is 1. The van der Waals surface area contributed by atoms with E-state index in [9.17, 15) is 19.6 Å². The van der Waals surface area contributed by atoms with Gasteiger partial charge in [0.25, 0.3) is 5.91 Å². The van der Waals surface area contributed by atoms with Crippen molar-refractivity contribution in [3.05, 3.63) is 57.9 Å². The van der Waals surface area contributed by atoms with Gasteiger partial charge in [0, 0.05) is 35.3 Å². The molecule has 1 aliphatic carbocycles. The monoisotopic (exact) mass is 602 g/mol. The number of nitrogens with zero attached hydrogens (tertiary/aromatic N) is 1. The lowest BCUT2D eigenvalue weighted by Crippen LogP contribution is -2.41. The minimum Gasteiger partial charge on any atom is -0.494 e. The Morgan fingerprint density at radius 3 is 2.37 bits per heavy atom. The molecule has 2 amide bonds. The Labute approximate surface area is 251 Å². The zero-order chi connectivity index (χ0) is 30.2. The Hall–Kier alpha value is -2.79. The summed E-state index contributed by atoms with van der Waals surface area (Å²) in [6.45, 7) is 8.17. The van der Waals surface area contributed by atoms with E-state index in [4.69, 9.17) is 21.1 Å². The Morgan fingerprint density at radius 2 is 1.80 bits per heavy atom. The smallest absolute Gasteiger partial charge is 0.488 e. The third-order valence-corrected chi connectivity index (χ3v) is 8.30. The van der Waals surface area contributed by atoms with Gasteiger partial charge in [0.15, 0.2) is 0 Å². The van der Waals surface area contributed by atoms with Crippen LogP contribution in [0.3, 0.4) is 0 Å². The van der Waals surface area contributed by atoms with E-state index >= 15 is 0 Å². The van der Waals surface area contributed by atoms with Crippen LogP contribution in [-0.4, -0.2) is 59.4 Å². The number of carbonyl (C=O) groups is 2. The Kier molecular flexibility index (Phi) is 11.9. The van der Waals surface area contributed by atoms with E-state index in [0.29, 0.717) is 34.3 Å². The van der Waals surface area contributed by atoms with Crippen LogP contribution < -0.4 is 15.5 Å². The summed E-state index contributed by atoms with van der Waals surface area (Å²) in [5.41, 5.74) is 0.744. The highest BCUT2D eigenvalue weighted by atomic mass is 35.5. The Balaban J connectivity index is 0.000000445. The molecule has 0 spiro atoms. The Morgan fingerprint density at radius 1 is 1.12 bits per heavy atom. The maximum atomic E-state index is 13.8. The summed E-state index contributed by atoms with van der Waals surface area (Å²) in [4.78, 5) is 26.8. The first-order chi connectivity index (χ1) is 19.4. The minimum absolute atomic E-state index is 0.0829. The van der Waals surface area contributed by atoms with Gasteiger partial charge < -0.3 is 29.7 Å². The largest absolute Gasteiger partial charge is 0.494 e. The van der Waals surface area contributed by atoms with Crippen molar-refractivity contribution in [2.45, 2.75) is 78.0 Å². The van der Waals surface area contributed by atoms with Gasteiger partial charge in [0.2, 0.25) is 0 Å². The normalized spacial score (nSPS) is 13.7. The van der Waals surface area contributed by atoms with Crippen molar-refractivity contribution in [2.75, 3.05) is 13.7 Å². The number of amides is 2. The van der Waals surface area contributed by atoms with Crippen molar-refractivity contribution in [1.82, 2.24) is 10.2 Å². The highest BCUT2D eigenvalue weighted by molar-refractivity contribution is 7.21. The van der Waals surface area contributed by atoms with Crippen LogP contribution in [0.2, 0.25) is 5.02 Å². The third-order valence-electron chi connectivity index (χ3n) is 6.63. The third kappa shape index (κ3) is 9.10. The summed E-state index contributed by atoms with van der Waals surface area (Å²) in [6.07, 6.45) is 4.85. The number of fused-ring (bicyclic) bond motifs is 1. The van der Waals surface area contributed by atoms with Crippen LogP contribution >= 0.6 is 22.9 Å². The summed E-state index contributed by atoms with van der Waals surface area (Å²) in [5.74, 6) is 0.563.